The van der Waals surface area contributed by atoms with Crippen LogP contribution >= 0.6 is 0 Å². The Labute approximate surface area is 290 Å². The number of hydrogen-bond acceptors (Lipinski definition) is 3. The van der Waals surface area contributed by atoms with Crippen molar-refractivity contribution < 1.29 is 0 Å². The van der Waals surface area contributed by atoms with Crippen molar-refractivity contribution in [2.24, 2.45) is 0 Å². The molecule has 3 nitrogen and oxygen atoms in total. The van der Waals surface area contributed by atoms with Gasteiger partial charge in [-0.3, -0.25) is 0 Å². The van der Waals surface area contributed by atoms with E-state index >= 15 is 0 Å². The molecule has 9 aromatic rings. The third kappa shape index (κ3) is 5.19. The molecule has 2 aromatic heterocycles. The van der Waals surface area contributed by atoms with Crippen molar-refractivity contribution in [3.63, 3.8) is 0 Å². The van der Waals surface area contributed by atoms with Crippen LogP contribution in [0.1, 0.15) is 0 Å². The molecule has 0 N–H and O–H groups in total. The van der Waals surface area contributed by atoms with E-state index in [1.165, 1.54) is 19.3 Å². The number of aromatic nitrogens is 3. The van der Waals surface area contributed by atoms with E-state index in [-0.39, 0.29) is 14.5 Å². The summed E-state index contributed by atoms with van der Waals surface area (Å²) in [7, 11) is 0. The molecular weight excluding hydrogens is 661 g/mol. The molecule has 49 heavy (non-hydrogen) atoms. The van der Waals surface area contributed by atoms with Gasteiger partial charge in [-0.25, -0.2) is 0 Å². The zero-order valence-electron chi connectivity index (χ0n) is 26.5. The molecule has 0 spiro atoms. The van der Waals surface area contributed by atoms with Crippen molar-refractivity contribution >= 4 is 33.8 Å². The Hall–Kier alpha value is -5.93. The third-order valence-corrected chi connectivity index (χ3v) is 11.6. The second kappa shape index (κ2) is 12.6. The first-order valence-corrected chi connectivity index (χ1v) is 18.1. The zero-order valence-corrected chi connectivity index (χ0v) is 28.2. The van der Waals surface area contributed by atoms with Crippen LogP contribution in [0.15, 0.2) is 176 Å². The van der Waals surface area contributed by atoms with Crippen molar-refractivity contribution in [1.82, 2.24) is 15.4 Å². The molecule has 0 saturated heterocycles. The Morgan fingerprint density at radius 3 is 1.47 bits per heavy atom. The summed E-state index contributed by atoms with van der Waals surface area (Å²) in [6.45, 7) is 0. The SMILES string of the molecule is c1ccc(-c2ccccc2-c2nnnc(-c3c(-c4ccccc4)ccc4[se]c5ccccc5c34)c2-c2ccccc2-c2ccccc2)cc1. The molecule has 4 heteroatoms. The molecule has 0 radical (unpaired) electrons. The molecule has 0 aliphatic rings. The van der Waals surface area contributed by atoms with E-state index in [4.69, 9.17) is 10.2 Å². The quantitative estimate of drug-likeness (QED) is 0.163. The maximum atomic E-state index is 5.03. The van der Waals surface area contributed by atoms with Crippen LogP contribution in [0.5, 0.6) is 0 Å². The fourth-order valence-electron chi connectivity index (χ4n) is 6.99. The minimum absolute atomic E-state index is 0.182. The van der Waals surface area contributed by atoms with Crippen LogP contribution in [0.25, 0.3) is 86.3 Å². The van der Waals surface area contributed by atoms with Crippen LogP contribution in [-0.2, 0) is 0 Å². The van der Waals surface area contributed by atoms with Crippen molar-refractivity contribution in [2.75, 3.05) is 0 Å². The van der Waals surface area contributed by atoms with E-state index in [9.17, 15) is 0 Å². The third-order valence-electron chi connectivity index (χ3n) is 9.18. The Bertz CT molecular complexity index is 2590. The van der Waals surface area contributed by atoms with Crippen LogP contribution < -0.4 is 0 Å². The van der Waals surface area contributed by atoms with Crippen LogP contribution in [-0.4, -0.2) is 29.9 Å². The molecule has 0 amide bonds. The van der Waals surface area contributed by atoms with Gasteiger partial charge in [0.2, 0.25) is 0 Å². The van der Waals surface area contributed by atoms with Crippen LogP contribution in [0.4, 0.5) is 0 Å². The van der Waals surface area contributed by atoms with Gasteiger partial charge in [0, 0.05) is 0 Å². The predicted octanol–water partition coefficient (Wildman–Crippen LogP) is 11.2. The average Bonchev–Trinajstić information content (AvgIpc) is 3.57. The number of rotatable bonds is 6. The van der Waals surface area contributed by atoms with Gasteiger partial charge in [-0.2, -0.15) is 0 Å². The van der Waals surface area contributed by atoms with E-state index in [0.717, 1.165) is 67.0 Å². The Morgan fingerprint density at radius 1 is 0.327 bits per heavy atom. The summed E-state index contributed by atoms with van der Waals surface area (Å²) in [5.74, 6) is 0. The van der Waals surface area contributed by atoms with Crippen molar-refractivity contribution in [3.05, 3.63) is 176 Å². The first-order chi connectivity index (χ1) is 24.3. The number of hydrogen-bond donors (Lipinski definition) is 0. The second-order valence-electron chi connectivity index (χ2n) is 12.0. The Morgan fingerprint density at radius 2 is 0.816 bits per heavy atom. The molecule has 0 fully saturated rings. The summed E-state index contributed by atoms with van der Waals surface area (Å²) in [5.41, 5.74) is 12.6. The van der Waals surface area contributed by atoms with Crippen molar-refractivity contribution in [2.45, 2.75) is 0 Å². The number of benzene rings is 7. The first-order valence-electron chi connectivity index (χ1n) is 16.4. The number of fused-ring (bicyclic) bond motifs is 3. The van der Waals surface area contributed by atoms with Crippen molar-refractivity contribution in [1.29, 1.82) is 0 Å². The van der Waals surface area contributed by atoms with Gasteiger partial charge in [0.1, 0.15) is 0 Å². The van der Waals surface area contributed by atoms with Gasteiger partial charge in [-0.05, 0) is 0 Å². The maximum absolute atomic E-state index is 5.03. The monoisotopic (exact) mass is 691 g/mol. The normalized spacial score (nSPS) is 11.3. The van der Waals surface area contributed by atoms with Gasteiger partial charge >= 0.3 is 292 Å². The Kier molecular flexibility index (Phi) is 7.51. The molecule has 0 aliphatic carbocycles. The standard InChI is InChI=1S/C45H29N3Se/c1-4-16-30(17-5-1)33-22-10-12-24-36(33)43-44(37-25-13-11-23-34(37)31-18-6-2-7-19-31)46-48-47-45(43)42-35(32-20-8-3-9-21-32)28-29-40-41(42)38-26-14-15-27-39(38)49-40/h1-29H. The van der Waals surface area contributed by atoms with Gasteiger partial charge in [0.05, 0.1) is 0 Å². The summed E-state index contributed by atoms with van der Waals surface area (Å²) in [6, 6.07) is 62.4. The summed E-state index contributed by atoms with van der Waals surface area (Å²) in [6.07, 6.45) is 0. The summed E-state index contributed by atoms with van der Waals surface area (Å²) in [5, 5.41) is 17.1. The van der Waals surface area contributed by atoms with Crippen LogP contribution in [0.2, 0.25) is 0 Å². The zero-order chi connectivity index (χ0) is 32.6. The molecule has 9 rings (SSSR count). The molecule has 0 unspecified atom stereocenters. The fraction of sp³-hybridized carbons (Fsp3) is 0. The van der Waals surface area contributed by atoms with Gasteiger partial charge in [0.15, 0.2) is 0 Å². The summed E-state index contributed by atoms with van der Waals surface area (Å²) < 4.78 is 2.75. The predicted molar refractivity (Wildman–Crippen MR) is 204 cm³/mol. The van der Waals surface area contributed by atoms with E-state index in [2.05, 4.69) is 181 Å². The average molecular weight is 691 g/mol. The molecule has 0 saturated carbocycles. The fourth-order valence-corrected chi connectivity index (χ4v) is 9.33. The van der Waals surface area contributed by atoms with Gasteiger partial charge in [-0.1, -0.05) is 0 Å². The molecule has 0 aliphatic heterocycles. The first kappa shape index (κ1) is 29.2. The molecule has 2 heterocycles. The number of nitrogens with zero attached hydrogens (tertiary/aromatic N) is 3. The van der Waals surface area contributed by atoms with Gasteiger partial charge in [-0.15, -0.1) is 0 Å². The van der Waals surface area contributed by atoms with Gasteiger partial charge < -0.3 is 0 Å². The van der Waals surface area contributed by atoms with E-state index < -0.39 is 0 Å². The molecule has 0 bridgehead atoms. The topological polar surface area (TPSA) is 38.7 Å². The molecule has 7 aromatic carbocycles. The van der Waals surface area contributed by atoms with E-state index in [1.54, 1.807) is 0 Å². The molecule has 230 valence electrons. The second-order valence-corrected chi connectivity index (χ2v) is 14.3. The van der Waals surface area contributed by atoms with E-state index in [0.29, 0.717) is 0 Å². The Balaban J connectivity index is 1.46. The summed E-state index contributed by atoms with van der Waals surface area (Å²) in [4.78, 5) is 0. The minimum atomic E-state index is 0.182. The van der Waals surface area contributed by atoms with Crippen molar-refractivity contribution in [3.8, 4) is 67.0 Å². The van der Waals surface area contributed by atoms with Crippen LogP contribution in [0, 0.1) is 0 Å². The molecule has 0 atom stereocenters. The van der Waals surface area contributed by atoms with E-state index in [1.807, 2.05) is 0 Å². The molecular formula is C45H29N3Se. The van der Waals surface area contributed by atoms with Gasteiger partial charge in [0.25, 0.3) is 0 Å². The van der Waals surface area contributed by atoms with Crippen LogP contribution in [0.3, 0.4) is 0 Å². The summed E-state index contributed by atoms with van der Waals surface area (Å²) >= 11 is 0.182.